The number of nitrogens with zero attached hydrogens (tertiary/aromatic N) is 1. The summed E-state index contributed by atoms with van der Waals surface area (Å²) in [5.74, 6) is 2.30. The van der Waals surface area contributed by atoms with Gasteiger partial charge < -0.3 is 15.4 Å². The molecule has 0 amide bonds. The standard InChI is InChI=1S/C16H27N3O/c1-5-17-16(18-6-2)19-12-11-13(3)14-7-9-15(20-4)10-8-14/h7-10,13H,5-6,11-12H2,1-4H3,(H2,17,18,19). The van der Waals surface area contributed by atoms with Gasteiger partial charge in [0.15, 0.2) is 5.96 Å². The molecule has 4 nitrogen and oxygen atoms in total. The van der Waals surface area contributed by atoms with Crippen molar-refractivity contribution in [3.8, 4) is 5.75 Å². The Morgan fingerprint density at radius 2 is 1.75 bits per heavy atom. The number of rotatable bonds is 7. The average molecular weight is 277 g/mol. The molecule has 0 saturated heterocycles. The molecule has 1 atom stereocenters. The van der Waals surface area contributed by atoms with E-state index in [2.05, 4.69) is 48.5 Å². The first-order chi connectivity index (χ1) is 9.71. The Morgan fingerprint density at radius 1 is 1.15 bits per heavy atom. The summed E-state index contributed by atoms with van der Waals surface area (Å²) in [7, 11) is 1.69. The van der Waals surface area contributed by atoms with E-state index in [1.54, 1.807) is 7.11 Å². The first-order valence-electron chi connectivity index (χ1n) is 7.37. The summed E-state index contributed by atoms with van der Waals surface area (Å²) in [6.45, 7) is 8.99. The van der Waals surface area contributed by atoms with Crippen molar-refractivity contribution in [2.45, 2.75) is 33.1 Å². The predicted octanol–water partition coefficient (Wildman–Crippen LogP) is 2.76. The van der Waals surface area contributed by atoms with E-state index in [0.717, 1.165) is 37.8 Å². The van der Waals surface area contributed by atoms with Gasteiger partial charge in [-0.2, -0.15) is 0 Å². The Labute approximate surface area is 122 Å². The summed E-state index contributed by atoms with van der Waals surface area (Å²) in [6.07, 6.45) is 1.03. The molecule has 0 saturated carbocycles. The van der Waals surface area contributed by atoms with Crippen LogP contribution in [0, 0.1) is 0 Å². The van der Waals surface area contributed by atoms with Gasteiger partial charge >= 0.3 is 0 Å². The Morgan fingerprint density at radius 3 is 2.25 bits per heavy atom. The van der Waals surface area contributed by atoms with Gasteiger partial charge in [0.25, 0.3) is 0 Å². The van der Waals surface area contributed by atoms with Crippen LogP contribution in [0.4, 0.5) is 0 Å². The number of aliphatic imine (C=N–C) groups is 1. The highest BCUT2D eigenvalue weighted by atomic mass is 16.5. The molecule has 112 valence electrons. The van der Waals surface area contributed by atoms with Crippen molar-refractivity contribution < 1.29 is 4.74 Å². The van der Waals surface area contributed by atoms with E-state index in [9.17, 15) is 0 Å². The van der Waals surface area contributed by atoms with Crippen LogP contribution in [-0.4, -0.2) is 32.7 Å². The van der Waals surface area contributed by atoms with Crippen LogP contribution in [-0.2, 0) is 0 Å². The lowest BCUT2D eigenvalue weighted by Gasteiger charge is -2.13. The van der Waals surface area contributed by atoms with Crippen LogP contribution in [0.25, 0.3) is 0 Å². The first-order valence-corrected chi connectivity index (χ1v) is 7.37. The van der Waals surface area contributed by atoms with Crippen LogP contribution in [0.15, 0.2) is 29.3 Å². The molecule has 0 spiro atoms. The van der Waals surface area contributed by atoms with Crippen LogP contribution in [0.1, 0.15) is 38.7 Å². The Kier molecular flexibility index (Phi) is 7.55. The smallest absolute Gasteiger partial charge is 0.191 e. The second-order valence-electron chi connectivity index (χ2n) is 4.75. The number of benzene rings is 1. The SMILES string of the molecule is CCNC(=NCCC(C)c1ccc(OC)cc1)NCC. The van der Waals surface area contributed by atoms with Gasteiger partial charge in [-0.3, -0.25) is 4.99 Å². The highest BCUT2D eigenvalue weighted by Gasteiger charge is 2.05. The maximum atomic E-state index is 5.18. The highest BCUT2D eigenvalue weighted by molar-refractivity contribution is 5.79. The molecule has 0 fully saturated rings. The topological polar surface area (TPSA) is 45.7 Å². The minimum atomic E-state index is 0.495. The number of nitrogens with one attached hydrogen (secondary N) is 2. The van der Waals surface area contributed by atoms with Crippen LogP contribution < -0.4 is 15.4 Å². The molecule has 1 rings (SSSR count). The largest absolute Gasteiger partial charge is 0.497 e. The zero-order chi connectivity index (χ0) is 14.8. The molecule has 0 heterocycles. The van der Waals surface area contributed by atoms with Gasteiger partial charge in [0.05, 0.1) is 7.11 Å². The molecule has 20 heavy (non-hydrogen) atoms. The van der Waals surface area contributed by atoms with Gasteiger partial charge in [-0.15, -0.1) is 0 Å². The van der Waals surface area contributed by atoms with E-state index in [0.29, 0.717) is 5.92 Å². The highest BCUT2D eigenvalue weighted by Crippen LogP contribution is 2.21. The number of ether oxygens (including phenoxy) is 1. The molecule has 1 unspecified atom stereocenters. The third-order valence-corrected chi connectivity index (χ3v) is 3.21. The number of methoxy groups -OCH3 is 1. The van der Waals surface area contributed by atoms with Crippen LogP contribution in [0.5, 0.6) is 5.75 Å². The minimum absolute atomic E-state index is 0.495. The van der Waals surface area contributed by atoms with Crippen molar-refractivity contribution in [1.82, 2.24) is 10.6 Å². The van der Waals surface area contributed by atoms with Crippen molar-refractivity contribution in [3.63, 3.8) is 0 Å². The molecule has 1 aromatic carbocycles. The van der Waals surface area contributed by atoms with E-state index in [1.165, 1.54) is 5.56 Å². The van der Waals surface area contributed by atoms with E-state index in [-0.39, 0.29) is 0 Å². The van der Waals surface area contributed by atoms with Crippen LogP contribution in [0.2, 0.25) is 0 Å². The van der Waals surface area contributed by atoms with E-state index in [4.69, 9.17) is 4.74 Å². The fraction of sp³-hybridized carbons (Fsp3) is 0.562. The molecule has 0 aliphatic heterocycles. The summed E-state index contributed by atoms with van der Waals surface area (Å²) in [6, 6.07) is 8.28. The second-order valence-corrected chi connectivity index (χ2v) is 4.75. The van der Waals surface area contributed by atoms with Gasteiger partial charge in [-0.05, 0) is 43.9 Å². The molecular formula is C16H27N3O. The summed E-state index contributed by atoms with van der Waals surface area (Å²) in [5.41, 5.74) is 1.33. The first kappa shape index (κ1) is 16.3. The summed E-state index contributed by atoms with van der Waals surface area (Å²) in [4.78, 5) is 4.57. The van der Waals surface area contributed by atoms with Gasteiger partial charge in [0, 0.05) is 19.6 Å². The third-order valence-electron chi connectivity index (χ3n) is 3.21. The van der Waals surface area contributed by atoms with Crippen molar-refractivity contribution in [2.24, 2.45) is 4.99 Å². The summed E-state index contributed by atoms with van der Waals surface area (Å²) < 4.78 is 5.18. The molecule has 1 aromatic rings. The van der Waals surface area contributed by atoms with E-state index >= 15 is 0 Å². The van der Waals surface area contributed by atoms with Crippen molar-refractivity contribution in [3.05, 3.63) is 29.8 Å². The zero-order valence-electron chi connectivity index (χ0n) is 13.1. The molecule has 2 N–H and O–H groups in total. The van der Waals surface area contributed by atoms with E-state index in [1.807, 2.05) is 12.1 Å². The lowest BCUT2D eigenvalue weighted by Crippen LogP contribution is -2.37. The fourth-order valence-electron chi connectivity index (χ4n) is 1.98. The van der Waals surface area contributed by atoms with Gasteiger partial charge in [-0.25, -0.2) is 0 Å². The zero-order valence-corrected chi connectivity index (χ0v) is 13.1. The number of hydrogen-bond donors (Lipinski definition) is 2. The monoisotopic (exact) mass is 277 g/mol. The third kappa shape index (κ3) is 5.51. The Balaban J connectivity index is 2.48. The van der Waals surface area contributed by atoms with Gasteiger partial charge in [-0.1, -0.05) is 19.1 Å². The molecule has 0 bridgehead atoms. The van der Waals surface area contributed by atoms with Crippen molar-refractivity contribution in [1.29, 1.82) is 0 Å². The lowest BCUT2D eigenvalue weighted by molar-refractivity contribution is 0.414. The lowest BCUT2D eigenvalue weighted by atomic mass is 9.98. The quantitative estimate of drug-likeness (QED) is 0.595. The number of guanidine groups is 1. The fourth-order valence-corrected chi connectivity index (χ4v) is 1.98. The Bertz CT molecular complexity index is 393. The molecule has 0 radical (unpaired) electrons. The van der Waals surface area contributed by atoms with Gasteiger partial charge in [0.1, 0.15) is 5.75 Å². The minimum Gasteiger partial charge on any atom is -0.497 e. The second kappa shape index (κ2) is 9.23. The van der Waals surface area contributed by atoms with Gasteiger partial charge in [0.2, 0.25) is 0 Å². The molecule has 0 aliphatic carbocycles. The molecule has 4 heteroatoms. The van der Waals surface area contributed by atoms with Crippen molar-refractivity contribution >= 4 is 5.96 Å². The van der Waals surface area contributed by atoms with Crippen LogP contribution >= 0.6 is 0 Å². The molecule has 0 aliphatic rings. The maximum Gasteiger partial charge on any atom is 0.191 e. The Hall–Kier alpha value is -1.71. The van der Waals surface area contributed by atoms with Crippen molar-refractivity contribution in [2.75, 3.05) is 26.7 Å². The van der Waals surface area contributed by atoms with E-state index < -0.39 is 0 Å². The number of hydrogen-bond acceptors (Lipinski definition) is 2. The molecular weight excluding hydrogens is 250 g/mol. The summed E-state index contributed by atoms with van der Waals surface area (Å²) >= 11 is 0. The normalized spacial score (nSPS) is 11.6. The van der Waals surface area contributed by atoms with Crippen LogP contribution in [0.3, 0.4) is 0 Å². The summed E-state index contributed by atoms with van der Waals surface area (Å²) in [5, 5.41) is 6.47. The maximum absolute atomic E-state index is 5.18. The average Bonchev–Trinajstić information content (AvgIpc) is 2.47. The predicted molar refractivity (Wildman–Crippen MR) is 85.7 cm³/mol. The molecule has 0 aromatic heterocycles.